The summed E-state index contributed by atoms with van der Waals surface area (Å²) in [5, 5.41) is 4.80. The molecule has 0 spiro atoms. The number of hydrogen-bond acceptors (Lipinski definition) is 10. The van der Waals surface area contributed by atoms with Crippen LogP contribution in [0.3, 0.4) is 0 Å². The smallest absolute Gasteiger partial charge is 0.255 e. The Hall–Kier alpha value is -5.05. The zero-order valence-corrected chi connectivity index (χ0v) is 31.1. The number of imidazole rings is 1. The van der Waals surface area contributed by atoms with Gasteiger partial charge in [-0.2, -0.15) is 0 Å². The normalized spacial score (nSPS) is 15.4. The quantitative estimate of drug-likeness (QED) is 0.181. The number of methoxy groups -OCH3 is 1. The molecule has 3 heterocycles. The number of hydrogen-bond donors (Lipinski definition) is 4. The number of benzene rings is 3. The van der Waals surface area contributed by atoms with Gasteiger partial charge in [0.25, 0.3) is 5.91 Å². The SMILES string of the molecule is COc1c(NC(=O)c2ccc(C)c(N3C=C(c4cnc(N5CCN(Cc6ccccc6)CC5)n4C)NN3)c2)cc(C(C)(C)C)cc1NS(C)(=O)=O. The Morgan fingerprint density at radius 1 is 1.00 bits per heavy atom. The van der Waals surface area contributed by atoms with E-state index < -0.39 is 10.0 Å². The number of ether oxygens (including phenoxy) is 1. The van der Waals surface area contributed by atoms with Crippen LogP contribution in [-0.4, -0.2) is 68.3 Å². The van der Waals surface area contributed by atoms with Crippen molar-refractivity contribution in [1.29, 1.82) is 0 Å². The molecule has 14 heteroatoms. The molecule has 0 saturated carbocycles. The summed E-state index contributed by atoms with van der Waals surface area (Å²) >= 11 is 0. The molecule has 0 unspecified atom stereocenters. The number of carbonyl (C=O) groups is 1. The largest absolute Gasteiger partial charge is 0.492 e. The lowest BCUT2D eigenvalue weighted by Crippen LogP contribution is -2.46. The minimum absolute atomic E-state index is 0.219. The van der Waals surface area contributed by atoms with E-state index in [1.165, 1.54) is 12.7 Å². The molecule has 1 amide bonds. The summed E-state index contributed by atoms with van der Waals surface area (Å²) in [4.78, 5) is 23.3. The van der Waals surface area contributed by atoms with Gasteiger partial charge >= 0.3 is 0 Å². The van der Waals surface area contributed by atoms with Crippen LogP contribution in [0.1, 0.15) is 53.5 Å². The van der Waals surface area contributed by atoms with E-state index in [0.29, 0.717) is 11.3 Å². The standard InChI is InChI=1S/C37H47N9O4S/c1-25-13-14-27(35(47)39-29-20-28(37(2,3)4)21-30(34(29)50-6)41-51(7,48)49)19-32(25)46-24-31(40-42-46)33-22-38-36(43(33)5)45-17-15-44(16-18-45)23-26-11-9-8-10-12-26/h8-14,19-22,24,40-42H,15-18,23H2,1-7H3,(H,39,47). The number of nitrogens with zero attached hydrogens (tertiary/aromatic N) is 5. The number of aryl methyl sites for hydroxylation is 1. The molecular weight excluding hydrogens is 667 g/mol. The molecule has 1 aromatic heterocycles. The van der Waals surface area contributed by atoms with Crippen molar-refractivity contribution in [1.82, 2.24) is 25.4 Å². The summed E-state index contributed by atoms with van der Waals surface area (Å²) in [7, 11) is -0.148. The van der Waals surface area contributed by atoms with Crippen molar-refractivity contribution in [2.75, 3.05) is 59.5 Å². The molecule has 0 radical (unpaired) electrons. The van der Waals surface area contributed by atoms with Gasteiger partial charge in [-0.1, -0.05) is 57.2 Å². The lowest BCUT2D eigenvalue weighted by atomic mass is 9.86. The van der Waals surface area contributed by atoms with Gasteiger partial charge in [0.2, 0.25) is 16.0 Å². The number of amides is 1. The summed E-state index contributed by atoms with van der Waals surface area (Å²) in [5.74, 6) is 0.764. The predicted octanol–water partition coefficient (Wildman–Crippen LogP) is 4.81. The van der Waals surface area contributed by atoms with Crippen LogP contribution in [0.25, 0.3) is 5.70 Å². The highest BCUT2D eigenvalue weighted by molar-refractivity contribution is 7.92. The van der Waals surface area contributed by atoms with Crippen molar-refractivity contribution in [3.8, 4) is 5.75 Å². The van der Waals surface area contributed by atoms with Crippen LogP contribution in [0.5, 0.6) is 5.75 Å². The third-order valence-corrected chi connectivity index (χ3v) is 9.74. The van der Waals surface area contributed by atoms with Crippen molar-refractivity contribution >= 4 is 44.6 Å². The monoisotopic (exact) mass is 713 g/mol. The first-order chi connectivity index (χ1) is 24.2. The average Bonchev–Trinajstić information content (AvgIpc) is 3.71. The number of sulfonamides is 1. The third-order valence-electron chi connectivity index (χ3n) is 9.15. The van der Waals surface area contributed by atoms with Crippen LogP contribution in [0, 0.1) is 6.92 Å². The van der Waals surface area contributed by atoms with Gasteiger partial charge in [0.1, 0.15) is 0 Å². The maximum Gasteiger partial charge on any atom is 0.255 e. The average molecular weight is 714 g/mol. The van der Waals surface area contributed by atoms with Gasteiger partial charge in [-0.15, -0.1) is 5.53 Å². The fourth-order valence-corrected chi connectivity index (χ4v) is 6.87. The molecule has 2 aliphatic rings. The zero-order valence-electron chi connectivity index (χ0n) is 30.2. The lowest BCUT2D eigenvalue weighted by Gasteiger charge is -2.35. The van der Waals surface area contributed by atoms with Crippen LogP contribution in [0.4, 0.5) is 23.0 Å². The van der Waals surface area contributed by atoms with Gasteiger partial charge in [0.15, 0.2) is 5.75 Å². The molecule has 1 saturated heterocycles. The van der Waals surface area contributed by atoms with Crippen LogP contribution in [0.15, 0.2) is 73.1 Å². The van der Waals surface area contributed by atoms with Gasteiger partial charge in [-0.25, -0.2) is 13.4 Å². The second kappa shape index (κ2) is 14.3. The second-order valence-corrected chi connectivity index (χ2v) is 15.8. The summed E-state index contributed by atoms with van der Waals surface area (Å²) in [5.41, 5.74) is 12.8. The van der Waals surface area contributed by atoms with E-state index in [0.717, 1.165) is 73.1 Å². The van der Waals surface area contributed by atoms with Crippen LogP contribution in [-0.2, 0) is 29.0 Å². The van der Waals surface area contributed by atoms with Crippen LogP contribution >= 0.6 is 0 Å². The van der Waals surface area contributed by atoms with Crippen molar-refractivity contribution < 1.29 is 17.9 Å². The molecule has 1 fully saturated rings. The fraction of sp³-hybridized carbons (Fsp3) is 0.351. The van der Waals surface area contributed by atoms with Gasteiger partial charge in [0, 0.05) is 45.3 Å². The first-order valence-corrected chi connectivity index (χ1v) is 18.8. The molecule has 6 rings (SSSR count). The maximum atomic E-state index is 13.7. The molecular formula is C37H47N9O4S. The number of aromatic nitrogens is 2. The summed E-state index contributed by atoms with van der Waals surface area (Å²) in [6.45, 7) is 12.7. The molecule has 13 nitrogen and oxygen atoms in total. The summed E-state index contributed by atoms with van der Waals surface area (Å²) in [6, 6.07) is 19.6. The van der Waals surface area contributed by atoms with Crippen molar-refractivity contribution in [2.24, 2.45) is 7.05 Å². The fourth-order valence-electron chi connectivity index (χ4n) is 6.32. The van der Waals surface area contributed by atoms with Gasteiger partial charge in [-0.3, -0.25) is 24.9 Å². The van der Waals surface area contributed by atoms with Crippen LogP contribution < -0.4 is 35.6 Å². The number of carbonyl (C=O) groups excluding carboxylic acids is 1. The number of anilines is 4. The highest BCUT2D eigenvalue weighted by atomic mass is 32.2. The molecule has 4 aromatic rings. The first-order valence-electron chi connectivity index (χ1n) is 16.9. The van der Waals surface area contributed by atoms with E-state index in [2.05, 4.69) is 59.6 Å². The molecule has 0 bridgehead atoms. The minimum Gasteiger partial charge on any atom is -0.492 e. The predicted molar refractivity (Wildman–Crippen MR) is 203 cm³/mol. The number of rotatable bonds is 10. The first kappa shape index (κ1) is 35.8. The Morgan fingerprint density at radius 3 is 2.37 bits per heavy atom. The third kappa shape index (κ3) is 8.14. The van der Waals surface area contributed by atoms with Crippen molar-refractivity contribution in [3.63, 3.8) is 0 Å². The highest BCUT2D eigenvalue weighted by Gasteiger charge is 2.26. The van der Waals surface area contributed by atoms with Gasteiger partial charge in [-0.05, 0) is 53.3 Å². The van der Waals surface area contributed by atoms with E-state index in [9.17, 15) is 13.2 Å². The number of nitrogens with one attached hydrogen (secondary N) is 4. The van der Waals surface area contributed by atoms with E-state index in [1.807, 2.05) is 70.3 Å². The maximum absolute atomic E-state index is 13.7. The lowest BCUT2D eigenvalue weighted by molar-refractivity contribution is 0.102. The molecule has 51 heavy (non-hydrogen) atoms. The van der Waals surface area contributed by atoms with Crippen molar-refractivity contribution in [3.05, 3.63) is 101 Å². The molecule has 2 aliphatic heterocycles. The summed E-state index contributed by atoms with van der Waals surface area (Å²) < 4.78 is 34.5. The summed E-state index contributed by atoms with van der Waals surface area (Å²) in [6.07, 6.45) is 4.89. The van der Waals surface area contributed by atoms with Gasteiger partial charge in [0.05, 0.1) is 54.2 Å². The highest BCUT2D eigenvalue weighted by Crippen LogP contribution is 2.39. The number of hydrazine groups is 2. The molecule has 270 valence electrons. The van der Waals surface area contributed by atoms with Gasteiger partial charge < -0.3 is 19.5 Å². The Kier molecular flexibility index (Phi) is 10.0. The molecule has 3 aromatic carbocycles. The molecule has 0 atom stereocenters. The molecule has 4 N–H and O–H groups in total. The van der Waals surface area contributed by atoms with E-state index in [-0.39, 0.29) is 22.8 Å². The molecule has 0 aliphatic carbocycles. The topological polar surface area (TPSA) is 136 Å². The van der Waals surface area contributed by atoms with E-state index in [4.69, 9.17) is 9.72 Å². The van der Waals surface area contributed by atoms with E-state index in [1.54, 1.807) is 18.2 Å². The van der Waals surface area contributed by atoms with Crippen molar-refractivity contribution in [2.45, 2.75) is 39.7 Å². The Bertz CT molecular complexity index is 2050. The number of piperazine rings is 1. The Morgan fingerprint density at radius 2 is 1.71 bits per heavy atom. The minimum atomic E-state index is -3.61. The Balaban J connectivity index is 1.18. The zero-order chi connectivity index (χ0) is 36.5. The Labute approximate surface area is 300 Å². The van der Waals surface area contributed by atoms with E-state index >= 15 is 0 Å². The second-order valence-electron chi connectivity index (χ2n) is 14.1. The van der Waals surface area contributed by atoms with Crippen LogP contribution in [0.2, 0.25) is 0 Å².